The third-order valence-corrected chi connectivity index (χ3v) is 5.67. The SMILES string of the molecule is CCCNC(=O)c1cccc(NC(=O)c2cc(C3CC3)nc3onc(-c4ccccc4)c23)c1. The fourth-order valence-electron chi connectivity index (χ4n) is 3.81. The van der Waals surface area contributed by atoms with Gasteiger partial charge in [0.05, 0.1) is 10.9 Å². The van der Waals surface area contributed by atoms with Crippen LogP contribution in [0.3, 0.4) is 0 Å². The molecule has 1 saturated carbocycles. The van der Waals surface area contributed by atoms with Gasteiger partial charge < -0.3 is 15.2 Å². The Morgan fingerprint density at radius 1 is 1.03 bits per heavy atom. The number of hydrogen-bond donors (Lipinski definition) is 2. The van der Waals surface area contributed by atoms with Crippen molar-refractivity contribution in [3.63, 3.8) is 0 Å². The number of aromatic nitrogens is 2. The molecule has 0 unspecified atom stereocenters. The summed E-state index contributed by atoms with van der Waals surface area (Å²) in [5, 5.41) is 10.6. The third-order valence-electron chi connectivity index (χ3n) is 5.67. The van der Waals surface area contributed by atoms with E-state index >= 15 is 0 Å². The van der Waals surface area contributed by atoms with E-state index in [1.807, 2.05) is 43.3 Å². The lowest BCUT2D eigenvalue weighted by atomic mass is 10.0. The minimum Gasteiger partial charge on any atom is -0.352 e. The van der Waals surface area contributed by atoms with Gasteiger partial charge in [0.25, 0.3) is 17.5 Å². The van der Waals surface area contributed by atoms with Crippen LogP contribution in [0.2, 0.25) is 0 Å². The largest absolute Gasteiger partial charge is 0.352 e. The molecule has 2 aromatic heterocycles. The molecule has 2 N–H and O–H groups in total. The maximum Gasteiger partial charge on any atom is 0.259 e. The number of nitrogens with one attached hydrogen (secondary N) is 2. The summed E-state index contributed by atoms with van der Waals surface area (Å²) in [5.41, 5.74) is 4.13. The zero-order valence-corrected chi connectivity index (χ0v) is 18.3. The molecular formula is C26H24N4O3. The fourth-order valence-corrected chi connectivity index (χ4v) is 3.81. The van der Waals surface area contributed by atoms with Crippen molar-refractivity contribution in [1.82, 2.24) is 15.5 Å². The molecule has 166 valence electrons. The topological polar surface area (TPSA) is 97.1 Å². The fraction of sp³-hybridized carbons (Fsp3) is 0.231. The third kappa shape index (κ3) is 4.35. The van der Waals surface area contributed by atoms with Gasteiger partial charge in [-0.05, 0) is 43.5 Å². The lowest BCUT2D eigenvalue weighted by Crippen LogP contribution is -2.24. The summed E-state index contributed by atoms with van der Waals surface area (Å²) >= 11 is 0. The lowest BCUT2D eigenvalue weighted by Gasteiger charge is -2.10. The van der Waals surface area contributed by atoms with E-state index in [2.05, 4.69) is 20.8 Å². The van der Waals surface area contributed by atoms with Gasteiger partial charge in [0.15, 0.2) is 0 Å². The van der Waals surface area contributed by atoms with Crippen molar-refractivity contribution >= 4 is 28.6 Å². The van der Waals surface area contributed by atoms with Crippen molar-refractivity contribution in [3.8, 4) is 11.3 Å². The maximum atomic E-state index is 13.4. The van der Waals surface area contributed by atoms with E-state index in [1.54, 1.807) is 24.3 Å². The van der Waals surface area contributed by atoms with Gasteiger partial charge >= 0.3 is 0 Å². The van der Waals surface area contributed by atoms with Crippen LogP contribution in [0.15, 0.2) is 65.2 Å². The summed E-state index contributed by atoms with van der Waals surface area (Å²) in [5.74, 6) is -0.117. The second kappa shape index (κ2) is 8.86. The van der Waals surface area contributed by atoms with Crippen LogP contribution in [-0.4, -0.2) is 28.5 Å². The number of anilines is 1. The maximum absolute atomic E-state index is 13.4. The van der Waals surface area contributed by atoms with Gasteiger partial charge in [-0.3, -0.25) is 9.59 Å². The number of nitrogens with zero attached hydrogens (tertiary/aromatic N) is 2. The number of fused-ring (bicyclic) bond motifs is 1. The van der Waals surface area contributed by atoms with Gasteiger partial charge in [0, 0.05) is 35.0 Å². The van der Waals surface area contributed by atoms with Crippen molar-refractivity contribution in [2.75, 3.05) is 11.9 Å². The van der Waals surface area contributed by atoms with Crippen LogP contribution < -0.4 is 10.6 Å². The molecule has 5 rings (SSSR count). The van der Waals surface area contributed by atoms with Crippen LogP contribution in [-0.2, 0) is 0 Å². The molecule has 0 bridgehead atoms. The van der Waals surface area contributed by atoms with Gasteiger partial charge in [0.1, 0.15) is 5.69 Å². The number of carbonyl (C=O) groups excluding carboxylic acids is 2. The number of carbonyl (C=O) groups is 2. The zero-order valence-electron chi connectivity index (χ0n) is 18.3. The Morgan fingerprint density at radius 2 is 1.85 bits per heavy atom. The van der Waals surface area contributed by atoms with Crippen LogP contribution in [0.25, 0.3) is 22.4 Å². The van der Waals surface area contributed by atoms with Crippen LogP contribution in [0.4, 0.5) is 5.69 Å². The predicted molar refractivity (Wildman–Crippen MR) is 126 cm³/mol. The normalized spacial score (nSPS) is 13.1. The summed E-state index contributed by atoms with van der Waals surface area (Å²) in [6, 6.07) is 18.4. The van der Waals surface area contributed by atoms with Crippen LogP contribution in [0.1, 0.15) is 58.5 Å². The van der Waals surface area contributed by atoms with E-state index < -0.39 is 0 Å². The second-order valence-electron chi connectivity index (χ2n) is 8.24. The summed E-state index contributed by atoms with van der Waals surface area (Å²) in [4.78, 5) is 30.4. The van der Waals surface area contributed by atoms with Gasteiger partial charge in [-0.15, -0.1) is 0 Å². The minimum atomic E-state index is -0.296. The monoisotopic (exact) mass is 440 g/mol. The van der Waals surface area contributed by atoms with Crippen molar-refractivity contribution in [3.05, 3.63) is 77.5 Å². The molecular weight excluding hydrogens is 416 g/mol. The molecule has 2 heterocycles. The van der Waals surface area contributed by atoms with Crippen LogP contribution in [0.5, 0.6) is 0 Å². The average molecular weight is 441 g/mol. The standard InChI is InChI=1S/C26H24N4O3/c1-2-13-27-24(31)18-9-6-10-19(14-18)28-25(32)20-15-21(16-11-12-16)29-26-22(20)23(30-33-26)17-7-4-3-5-8-17/h3-10,14-16H,2,11-13H2,1H3,(H,27,31)(H,28,32). The highest BCUT2D eigenvalue weighted by Crippen LogP contribution is 2.41. The van der Waals surface area contributed by atoms with Crippen molar-refractivity contribution < 1.29 is 14.1 Å². The molecule has 2 amide bonds. The molecule has 33 heavy (non-hydrogen) atoms. The molecule has 1 aliphatic rings. The predicted octanol–water partition coefficient (Wildman–Crippen LogP) is 5.16. The summed E-state index contributed by atoms with van der Waals surface area (Å²) < 4.78 is 5.56. The molecule has 0 spiro atoms. The molecule has 0 saturated heterocycles. The van der Waals surface area contributed by atoms with E-state index in [9.17, 15) is 9.59 Å². The van der Waals surface area contributed by atoms with Gasteiger partial charge in [-0.1, -0.05) is 48.5 Å². The first-order valence-electron chi connectivity index (χ1n) is 11.2. The van der Waals surface area contributed by atoms with E-state index in [1.165, 1.54) is 0 Å². The van der Waals surface area contributed by atoms with Crippen molar-refractivity contribution in [1.29, 1.82) is 0 Å². The molecule has 0 atom stereocenters. The van der Waals surface area contributed by atoms with Gasteiger partial charge in [-0.2, -0.15) is 0 Å². The Hall–Kier alpha value is -4.00. The number of hydrogen-bond acceptors (Lipinski definition) is 5. The Kier molecular flexibility index (Phi) is 5.60. The van der Waals surface area contributed by atoms with E-state index in [-0.39, 0.29) is 11.8 Å². The van der Waals surface area contributed by atoms with Gasteiger partial charge in [0.2, 0.25) is 0 Å². The molecule has 7 nitrogen and oxygen atoms in total. The molecule has 7 heteroatoms. The highest BCUT2D eigenvalue weighted by molar-refractivity contribution is 6.15. The smallest absolute Gasteiger partial charge is 0.259 e. The quantitative estimate of drug-likeness (QED) is 0.414. The number of rotatable bonds is 7. The average Bonchev–Trinajstić information content (AvgIpc) is 3.61. The number of amides is 2. The highest BCUT2D eigenvalue weighted by atomic mass is 16.5. The summed E-state index contributed by atoms with van der Waals surface area (Å²) in [7, 11) is 0. The number of benzene rings is 2. The highest BCUT2D eigenvalue weighted by Gasteiger charge is 2.29. The molecule has 2 aromatic carbocycles. The van der Waals surface area contributed by atoms with Crippen LogP contribution >= 0.6 is 0 Å². The summed E-state index contributed by atoms with van der Waals surface area (Å²) in [6.45, 7) is 2.60. The Balaban J connectivity index is 1.52. The molecule has 1 aliphatic carbocycles. The van der Waals surface area contributed by atoms with Crippen LogP contribution in [0, 0.1) is 0 Å². The van der Waals surface area contributed by atoms with Crippen molar-refractivity contribution in [2.45, 2.75) is 32.1 Å². The Labute approximate surface area is 191 Å². The molecule has 1 fully saturated rings. The van der Waals surface area contributed by atoms with E-state index in [4.69, 9.17) is 4.52 Å². The molecule has 0 radical (unpaired) electrons. The lowest BCUT2D eigenvalue weighted by molar-refractivity contribution is 0.0952. The Morgan fingerprint density at radius 3 is 2.61 bits per heavy atom. The van der Waals surface area contributed by atoms with Crippen molar-refractivity contribution in [2.24, 2.45) is 0 Å². The first-order chi connectivity index (χ1) is 16.1. The number of pyridine rings is 1. The Bertz CT molecular complexity index is 1330. The first-order valence-corrected chi connectivity index (χ1v) is 11.2. The van der Waals surface area contributed by atoms with E-state index in [0.717, 1.165) is 30.5 Å². The second-order valence-corrected chi connectivity index (χ2v) is 8.24. The first kappa shape index (κ1) is 20.9. The van der Waals surface area contributed by atoms with E-state index in [0.29, 0.717) is 46.1 Å². The minimum absolute atomic E-state index is 0.166. The summed E-state index contributed by atoms with van der Waals surface area (Å²) in [6.07, 6.45) is 2.95. The molecule has 4 aromatic rings. The van der Waals surface area contributed by atoms with Gasteiger partial charge in [-0.25, -0.2) is 4.98 Å². The zero-order chi connectivity index (χ0) is 22.8. The molecule has 0 aliphatic heterocycles.